The number of pyridine rings is 1. The number of nitrogens with zero attached hydrogens (tertiary/aromatic N) is 1. The first kappa shape index (κ1) is 15.2. The summed E-state index contributed by atoms with van der Waals surface area (Å²) in [6, 6.07) is 2.66. The standard InChI is InChI=1S/C16H28N2/c1-6-10-18-15(16(3,4)5)8-7-14-12-17-11-9-13(14)2/h9,11-12,15,18H,6-8,10H2,1-5H3. The second kappa shape index (κ2) is 6.89. The molecule has 0 bridgehead atoms. The van der Waals surface area contributed by atoms with Gasteiger partial charge >= 0.3 is 0 Å². The molecule has 1 N–H and O–H groups in total. The highest BCUT2D eigenvalue weighted by atomic mass is 14.9. The van der Waals surface area contributed by atoms with Crippen LogP contribution in [0.4, 0.5) is 0 Å². The second-order valence-electron chi connectivity index (χ2n) is 6.21. The van der Waals surface area contributed by atoms with E-state index in [4.69, 9.17) is 0 Å². The molecule has 0 aliphatic heterocycles. The molecule has 1 rings (SSSR count). The van der Waals surface area contributed by atoms with Crippen LogP contribution in [0, 0.1) is 12.3 Å². The van der Waals surface area contributed by atoms with Gasteiger partial charge < -0.3 is 5.32 Å². The Kier molecular flexibility index (Phi) is 5.80. The molecular weight excluding hydrogens is 220 g/mol. The van der Waals surface area contributed by atoms with E-state index in [9.17, 15) is 0 Å². The molecule has 0 saturated carbocycles. The highest BCUT2D eigenvalue weighted by Gasteiger charge is 2.23. The molecule has 0 fully saturated rings. The maximum atomic E-state index is 4.23. The van der Waals surface area contributed by atoms with Gasteiger partial charge in [0.25, 0.3) is 0 Å². The van der Waals surface area contributed by atoms with Gasteiger partial charge in [0.2, 0.25) is 0 Å². The van der Waals surface area contributed by atoms with Crippen LogP contribution in [-0.2, 0) is 6.42 Å². The fraction of sp³-hybridized carbons (Fsp3) is 0.688. The fourth-order valence-electron chi connectivity index (χ4n) is 2.22. The lowest BCUT2D eigenvalue weighted by Gasteiger charge is -2.32. The van der Waals surface area contributed by atoms with E-state index < -0.39 is 0 Å². The molecule has 2 heteroatoms. The van der Waals surface area contributed by atoms with Gasteiger partial charge in [-0.1, -0.05) is 27.7 Å². The number of rotatable bonds is 6. The van der Waals surface area contributed by atoms with E-state index >= 15 is 0 Å². The molecule has 1 heterocycles. The van der Waals surface area contributed by atoms with Crippen molar-refractivity contribution in [3.63, 3.8) is 0 Å². The summed E-state index contributed by atoms with van der Waals surface area (Å²) in [6.07, 6.45) is 7.36. The minimum atomic E-state index is 0.311. The Balaban J connectivity index is 2.59. The van der Waals surface area contributed by atoms with Crippen molar-refractivity contribution in [1.29, 1.82) is 0 Å². The van der Waals surface area contributed by atoms with Crippen LogP contribution in [0.3, 0.4) is 0 Å². The highest BCUT2D eigenvalue weighted by Crippen LogP contribution is 2.23. The van der Waals surface area contributed by atoms with E-state index in [-0.39, 0.29) is 0 Å². The molecule has 0 saturated heterocycles. The quantitative estimate of drug-likeness (QED) is 0.829. The molecule has 18 heavy (non-hydrogen) atoms. The lowest BCUT2D eigenvalue weighted by atomic mass is 9.83. The minimum Gasteiger partial charge on any atom is -0.313 e. The van der Waals surface area contributed by atoms with Gasteiger partial charge in [-0.15, -0.1) is 0 Å². The van der Waals surface area contributed by atoms with Crippen LogP contribution in [0.5, 0.6) is 0 Å². The second-order valence-corrected chi connectivity index (χ2v) is 6.21. The smallest absolute Gasteiger partial charge is 0.0302 e. The fourth-order valence-corrected chi connectivity index (χ4v) is 2.22. The summed E-state index contributed by atoms with van der Waals surface area (Å²) < 4.78 is 0. The molecule has 102 valence electrons. The Labute approximate surface area is 112 Å². The largest absolute Gasteiger partial charge is 0.313 e. The van der Waals surface area contributed by atoms with E-state index in [0.29, 0.717) is 11.5 Å². The molecule has 1 aromatic heterocycles. The average molecular weight is 248 g/mol. The van der Waals surface area contributed by atoms with Gasteiger partial charge in [-0.25, -0.2) is 0 Å². The Morgan fingerprint density at radius 1 is 1.33 bits per heavy atom. The van der Waals surface area contributed by atoms with E-state index in [1.165, 1.54) is 24.0 Å². The van der Waals surface area contributed by atoms with Crippen molar-refractivity contribution in [2.24, 2.45) is 5.41 Å². The number of aryl methyl sites for hydroxylation is 2. The van der Waals surface area contributed by atoms with Crippen LogP contribution in [0.2, 0.25) is 0 Å². The van der Waals surface area contributed by atoms with Crippen molar-refractivity contribution in [1.82, 2.24) is 10.3 Å². The third-order valence-electron chi connectivity index (χ3n) is 3.54. The van der Waals surface area contributed by atoms with Crippen molar-refractivity contribution in [2.75, 3.05) is 6.54 Å². The van der Waals surface area contributed by atoms with Crippen LogP contribution in [0.25, 0.3) is 0 Å². The molecule has 1 aromatic rings. The highest BCUT2D eigenvalue weighted by molar-refractivity contribution is 5.21. The summed E-state index contributed by atoms with van der Waals surface area (Å²) in [5, 5.41) is 3.68. The van der Waals surface area contributed by atoms with E-state index in [0.717, 1.165) is 13.0 Å². The van der Waals surface area contributed by atoms with Gasteiger partial charge in [0.05, 0.1) is 0 Å². The SMILES string of the molecule is CCCNC(CCc1cnccc1C)C(C)(C)C. The number of aromatic nitrogens is 1. The van der Waals surface area contributed by atoms with Crippen LogP contribution in [0.1, 0.15) is 51.7 Å². The average Bonchev–Trinajstić information content (AvgIpc) is 2.29. The van der Waals surface area contributed by atoms with Gasteiger partial charge in [-0.2, -0.15) is 0 Å². The van der Waals surface area contributed by atoms with Crippen molar-refractivity contribution in [2.45, 2.75) is 59.9 Å². The Morgan fingerprint density at radius 3 is 2.61 bits per heavy atom. The van der Waals surface area contributed by atoms with Crippen LogP contribution in [0.15, 0.2) is 18.5 Å². The van der Waals surface area contributed by atoms with E-state index in [2.05, 4.69) is 51.0 Å². The zero-order valence-corrected chi connectivity index (χ0v) is 12.6. The summed E-state index contributed by atoms with van der Waals surface area (Å²) >= 11 is 0. The number of nitrogens with one attached hydrogen (secondary N) is 1. The van der Waals surface area contributed by atoms with Gasteiger partial charge in [0, 0.05) is 18.4 Å². The predicted octanol–water partition coefficient (Wildman–Crippen LogP) is 3.74. The Hall–Kier alpha value is -0.890. The number of hydrogen-bond donors (Lipinski definition) is 1. The third-order valence-corrected chi connectivity index (χ3v) is 3.54. The van der Waals surface area contributed by atoms with Crippen LogP contribution in [-0.4, -0.2) is 17.6 Å². The summed E-state index contributed by atoms with van der Waals surface area (Å²) in [5.74, 6) is 0. The summed E-state index contributed by atoms with van der Waals surface area (Å²) in [6.45, 7) is 12.4. The molecule has 0 amide bonds. The first-order chi connectivity index (χ1) is 8.45. The zero-order chi connectivity index (χ0) is 13.6. The lowest BCUT2D eigenvalue weighted by Crippen LogP contribution is -2.41. The molecule has 0 spiro atoms. The van der Waals surface area contributed by atoms with Gasteiger partial charge in [0.1, 0.15) is 0 Å². The predicted molar refractivity (Wildman–Crippen MR) is 78.8 cm³/mol. The molecule has 2 nitrogen and oxygen atoms in total. The lowest BCUT2D eigenvalue weighted by molar-refractivity contribution is 0.255. The maximum Gasteiger partial charge on any atom is 0.0302 e. The van der Waals surface area contributed by atoms with E-state index in [1.54, 1.807) is 0 Å². The van der Waals surface area contributed by atoms with Crippen molar-refractivity contribution in [3.05, 3.63) is 29.6 Å². The summed E-state index contributed by atoms with van der Waals surface area (Å²) in [7, 11) is 0. The third kappa shape index (κ3) is 4.77. The summed E-state index contributed by atoms with van der Waals surface area (Å²) in [4.78, 5) is 4.23. The monoisotopic (exact) mass is 248 g/mol. The van der Waals surface area contributed by atoms with Crippen molar-refractivity contribution in [3.8, 4) is 0 Å². The van der Waals surface area contributed by atoms with Crippen LogP contribution >= 0.6 is 0 Å². The molecule has 1 unspecified atom stereocenters. The van der Waals surface area contributed by atoms with Crippen molar-refractivity contribution >= 4 is 0 Å². The summed E-state index contributed by atoms with van der Waals surface area (Å²) in [5.41, 5.74) is 3.05. The molecule has 0 aliphatic rings. The van der Waals surface area contributed by atoms with Gasteiger partial charge in [-0.3, -0.25) is 4.98 Å². The Morgan fingerprint density at radius 2 is 2.06 bits per heavy atom. The normalized spacial score (nSPS) is 13.6. The zero-order valence-electron chi connectivity index (χ0n) is 12.6. The molecular formula is C16H28N2. The molecule has 0 aromatic carbocycles. The first-order valence-electron chi connectivity index (χ1n) is 7.08. The van der Waals surface area contributed by atoms with Crippen LogP contribution < -0.4 is 5.32 Å². The van der Waals surface area contributed by atoms with E-state index in [1.807, 2.05) is 12.4 Å². The molecule has 1 atom stereocenters. The number of hydrogen-bond acceptors (Lipinski definition) is 2. The topological polar surface area (TPSA) is 24.9 Å². The Bertz CT molecular complexity index is 352. The molecule has 0 aliphatic carbocycles. The van der Waals surface area contributed by atoms with Gasteiger partial charge in [0.15, 0.2) is 0 Å². The van der Waals surface area contributed by atoms with Gasteiger partial charge in [-0.05, 0) is 55.3 Å². The molecule has 0 radical (unpaired) electrons. The minimum absolute atomic E-state index is 0.311. The van der Waals surface area contributed by atoms with Crippen molar-refractivity contribution < 1.29 is 0 Å². The first-order valence-corrected chi connectivity index (χ1v) is 7.08. The maximum absolute atomic E-state index is 4.23.